The molecule has 0 spiro atoms. The standard InChI is InChI=1S/C21H27ClO5S/c1-3-26-15-7-4-12(5-8-15)10-14-11-13(6-9-16(14)22)20-18(24)17(23)19(25)21(27-20)28-2/h4-9,11,14,16-21,23-25H,3,10H2,1-2H3. The zero-order valence-corrected chi connectivity index (χ0v) is 17.5. The maximum atomic E-state index is 10.4. The Morgan fingerprint density at radius 1 is 1.11 bits per heavy atom. The van der Waals surface area contributed by atoms with Crippen molar-refractivity contribution in [1.82, 2.24) is 0 Å². The van der Waals surface area contributed by atoms with Gasteiger partial charge in [0, 0.05) is 5.92 Å². The summed E-state index contributed by atoms with van der Waals surface area (Å²) in [5.41, 5.74) is 1.30. The van der Waals surface area contributed by atoms with E-state index >= 15 is 0 Å². The number of aliphatic hydroxyl groups excluding tert-OH is 3. The number of halogens is 1. The maximum Gasteiger partial charge on any atom is 0.132 e. The van der Waals surface area contributed by atoms with Gasteiger partial charge in [0.05, 0.1) is 12.0 Å². The lowest BCUT2D eigenvalue weighted by atomic mass is 9.85. The highest BCUT2D eigenvalue weighted by Gasteiger charge is 2.44. The predicted octanol–water partition coefficient (Wildman–Crippen LogP) is 2.52. The van der Waals surface area contributed by atoms with Crippen LogP contribution in [0.3, 0.4) is 0 Å². The Morgan fingerprint density at radius 2 is 1.82 bits per heavy atom. The van der Waals surface area contributed by atoms with Crippen LogP contribution in [0.4, 0.5) is 0 Å². The highest BCUT2D eigenvalue weighted by molar-refractivity contribution is 7.99. The molecule has 2 aliphatic rings. The molecule has 0 aromatic heterocycles. The first kappa shape index (κ1) is 21.7. The fourth-order valence-electron chi connectivity index (χ4n) is 3.58. The van der Waals surface area contributed by atoms with Gasteiger partial charge in [-0.15, -0.1) is 23.4 Å². The van der Waals surface area contributed by atoms with Crippen molar-refractivity contribution >= 4 is 23.4 Å². The van der Waals surface area contributed by atoms with E-state index in [1.54, 1.807) is 6.26 Å². The number of aliphatic hydroxyl groups is 3. The molecule has 7 atom stereocenters. The molecule has 0 amide bonds. The monoisotopic (exact) mass is 426 g/mol. The summed E-state index contributed by atoms with van der Waals surface area (Å²) in [5.74, 6) is 0.856. The first-order valence-corrected chi connectivity index (χ1v) is 11.1. The van der Waals surface area contributed by atoms with Crippen LogP contribution in [0.25, 0.3) is 0 Å². The molecule has 0 saturated carbocycles. The molecule has 1 aromatic carbocycles. The second-order valence-electron chi connectivity index (χ2n) is 7.05. The Morgan fingerprint density at radius 3 is 2.46 bits per heavy atom. The second-order valence-corrected chi connectivity index (χ2v) is 8.49. The van der Waals surface area contributed by atoms with Crippen LogP contribution >= 0.6 is 23.4 Å². The minimum absolute atomic E-state index is 0.0205. The molecule has 5 nitrogen and oxygen atoms in total. The Labute approximate surface area is 175 Å². The third-order valence-corrected chi connectivity index (χ3v) is 6.45. The van der Waals surface area contributed by atoms with Gasteiger partial charge in [0.15, 0.2) is 0 Å². The lowest BCUT2D eigenvalue weighted by Gasteiger charge is -2.41. The van der Waals surface area contributed by atoms with Crippen molar-refractivity contribution in [2.75, 3.05) is 12.9 Å². The third-order valence-electron chi connectivity index (χ3n) is 5.12. The fraction of sp³-hybridized carbons (Fsp3) is 0.524. The van der Waals surface area contributed by atoms with Crippen molar-refractivity contribution in [2.45, 2.75) is 48.6 Å². The zero-order chi connectivity index (χ0) is 20.3. The van der Waals surface area contributed by atoms with Gasteiger partial charge < -0.3 is 24.8 Å². The Hall–Kier alpha value is -1.02. The van der Waals surface area contributed by atoms with Gasteiger partial charge in [-0.25, -0.2) is 0 Å². The number of benzene rings is 1. The molecule has 1 heterocycles. The number of thioether (sulfide) groups is 1. The minimum atomic E-state index is -1.26. The number of hydrogen-bond donors (Lipinski definition) is 3. The number of allylic oxidation sites excluding steroid dienone is 2. The largest absolute Gasteiger partial charge is 0.494 e. The van der Waals surface area contributed by atoms with Crippen LogP contribution in [0.2, 0.25) is 0 Å². The summed E-state index contributed by atoms with van der Waals surface area (Å²) in [4.78, 5) is 0. The summed E-state index contributed by atoms with van der Waals surface area (Å²) >= 11 is 7.81. The minimum Gasteiger partial charge on any atom is -0.494 e. The summed E-state index contributed by atoms with van der Waals surface area (Å²) in [7, 11) is 0. The van der Waals surface area contributed by atoms with Gasteiger partial charge >= 0.3 is 0 Å². The van der Waals surface area contributed by atoms with E-state index in [4.69, 9.17) is 21.1 Å². The molecule has 1 aliphatic carbocycles. The number of hydrogen-bond acceptors (Lipinski definition) is 6. The van der Waals surface area contributed by atoms with Gasteiger partial charge in [0.1, 0.15) is 35.6 Å². The molecule has 154 valence electrons. The van der Waals surface area contributed by atoms with Gasteiger partial charge in [-0.1, -0.05) is 30.4 Å². The second kappa shape index (κ2) is 9.65. The quantitative estimate of drug-likeness (QED) is 0.606. The van der Waals surface area contributed by atoms with Crippen molar-refractivity contribution in [2.24, 2.45) is 5.92 Å². The molecular formula is C21H27ClO5S. The van der Waals surface area contributed by atoms with Crippen molar-refractivity contribution in [3.63, 3.8) is 0 Å². The van der Waals surface area contributed by atoms with Gasteiger partial charge in [-0.3, -0.25) is 0 Å². The topological polar surface area (TPSA) is 79.2 Å². The lowest BCUT2D eigenvalue weighted by molar-refractivity contribution is -0.186. The zero-order valence-electron chi connectivity index (χ0n) is 15.9. The van der Waals surface area contributed by atoms with E-state index in [0.717, 1.165) is 23.3 Å². The molecular weight excluding hydrogens is 400 g/mol. The van der Waals surface area contributed by atoms with Crippen LogP contribution in [0.15, 0.2) is 48.1 Å². The van der Waals surface area contributed by atoms with E-state index in [2.05, 4.69) is 0 Å². The summed E-state index contributed by atoms with van der Waals surface area (Å²) in [6.07, 6.45) is 3.95. The van der Waals surface area contributed by atoms with Crippen molar-refractivity contribution < 1.29 is 24.8 Å². The summed E-state index contributed by atoms with van der Waals surface area (Å²) in [5, 5.41) is 30.5. The smallest absolute Gasteiger partial charge is 0.132 e. The molecule has 7 heteroatoms. The molecule has 0 bridgehead atoms. The van der Waals surface area contributed by atoms with E-state index in [-0.39, 0.29) is 11.3 Å². The van der Waals surface area contributed by atoms with Crippen LogP contribution in [-0.4, -0.2) is 63.4 Å². The summed E-state index contributed by atoms with van der Waals surface area (Å²) in [6.45, 7) is 2.58. The molecule has 3 N–H and O–H groups in total. The highest BCUT2D eigenvalue weighted by Crippen LogP contribution is 2.34. The molecule has 0 radical (unpaired) electrons. The first-order valence-electron chi connectivity index (χ1n) is 9.42. The lowest BCUT2D eigenvalue weighted by Crippen LogP contribution is -2.57. The predicted molar refractivity (Wildman–Crippen MR) is 112 cm³/mol. The fourth-order valence-corrected chi connectivity index (χ4v) is 4.49. The molecule has 1 aliphatic heterocycles. The van der Waals surface area contributed by atoms with E-state index < -0.39 is 29.9 Å². The molecule has 1 saturated heterocycles. The molecule has 1 aromatic rings. The third kappa shape index (κ3) is 4.75. The van der Waals surface area contributed by atoms with Crippen molar-refractivity contribution in [1.29, 1.82) is 0 Å². The van der Waals surface area contributed by atoms with Crippen LogP contribution in [0.5, 0.6) is 5.75 Å². The van der Waals surface area contributed by atoms with E-state index in [9.17, 15) is 15.3 Å². The molecule has 1 fully saturated rings. The van der Waals surface area contributed by atoms with Gasteiger partial charge in [0.25, 0.3) is 0 Å². The van der Waals surface area contributed by atoms with Crippen LogP contribution in [0, 0.1) is 5.92 Å². The average Bonchev–Trinajstić information content (AvgIpc) is 2.70. The van der Waals surface area contributed by atoms with Crippen LogP contribution in [0.1, 0.15) is 12.5 Å². The molecule has 28 heavy (non-hydrogen) atoms. The summed E-state index contributed by atoms with van der Waals surface area (Å²) < 4.78 is 11.4. The molecule has 7 unspecified atom stereocenters. The van der Waals surface area contributed by atoms with Crippen LogP contribution < -0.4 is 4.74 Å². The number of rotatable bonds is 6. The van der Waals surface area contributed by atoms with E-state index in [1.165, 1.54) is 11.8 Å². The maximum absolute atomic E-state index is 10.4. The van der Waals surface area contributed by atoms with Crippen molar-refractivity contribution in [3.8, 4) is 5.75 Å². The van der Waals surface area contributed by atoms with Gasteiger partial charge in [-0.2, -0.15) is 0 Å². The Kier molecular flexibility index (Phi) is 7.48. The average molecular weight is 427 g/mol. The van der Waals surface area contributed by atoms with E-state index in [0.29, 0.717) is 6.61 Å². The number of ether oxygens (including phenoxy) is 2. The Balaban J connectivity index is 1.75. The first-order chi connectivity index (χ1) is 13.4. The number of alkyl halides is 1. The van der Waals surface area contributed by atoms with Crippen molar-refractivity contribution in [3.05, 3.63) is 53.6 Å². The van der Waals surface area contributed by atoms with Gasteiger partial charge in [-0.05, 0) is 42.9 Å². The summed E-state index contributed by atoms with van der Waals surface area (Å²) in [6, 6.07) is 7.94. The van der Waals surface area contributed by atoms with Crippen LogP contribution in [-0.2, 0) is 11.2 Å². The van der Waals surface area contributed by atoms with E-state index in [1.807, 2.05) is 49.4 Å². The Bertz CT molecular complexity index is 705. The normalized spacial score (nSPS) is 35.5. The molecule has 3 rings (SSSR count). The SMILES string of the molecule is CCOc1ccc(CC2C=C(C3OC(SC)C(O)C(O)C3O)C=CC2Cl)cc1. The highest BCUT2D eigenvalue weighted by atomic mass is 35.5. The van der Waals surface area contributed by atoms with Gasteiger partial charge in [0.2, 0.25) is 0 Å².